The second kappa shape index (κ2) is 5.72. The van der Waals surface area contributed by atoms with Gasteiger partial charge in [-0.15, -0.1) is 0 Å². The number of likely N-dealkylation sites (N-methyl/N-ethyl adjacent to an activating group) is 1. The third kappa shape index (κ3) is 2.85. The Hall–Kier alpha value is -1.06. The van der Waals surface area contributed by atoms with Gasteiger partial charge in [0.05, 0.1) is 6.61 Å². The third-order valence-electron chi connectivity index (χ3n) is 3.76. The number of hydrogen-bond acceptors (Lipinski definition) is 3. The quantitative estimate of drug-likeness (QED) is 0.867. The Bertz CT molecular complexity index is 405. The van der Waals surface area contributed by atoms with Gasteiger partial charge in [0.15, 0.2) is 0 Å². The van der Waals surface area contributed by atoms with Crippen molar-refractivity contribution in [2.45, 2.75) is 32.9 Å². The van der Waals surface area contributed by atoms with Crippen molar-refractivity contribution in [2.75, 3.05) is 31.6 Å². The van der Waals surface area contributed by atoms with Crippen LogP contribution in [-0.2, 0) is 6.61 Å². The van der Waals surface area contributed by atoms with Gasteiger partial charge in [0, 0.05) is 30.4 Å². The number of nitrogens with zero attached hydrogens (tertiary/aromatic N) is 2. The standard InChI is InChI=1S/C15H24N2O/c1-12-5-6-15(14(9-12)11-18)17-8-4-7-16(3)10-13(17)2/h5-6,9,13,18H,4,7-8,10-11H2,1-3H3. The summed E-state index contributed by atoms with van der Waals surface area (Å²) in [5.74, 6) is 0. The van der Waals surface area contributed by atoms with Crippen LogP contribution in [0.4, 0.5) is 5.69 Å². The van der Waals surface area contributed by atoms with Crippen LogP contribution in [-0.4, -0.2) is 42.7 Å². The summed E-state index contributed by atoms with van der Waals surface area (Å²) >= 11 is 0. The van der Waals surface area contributed by atoms with Crippen LogP contribution in [0.5, 0.6) is 0 Å². The van der Waals surface area contributed by atoms with E-state index in [9.17, 15) is 5.11 Å². The van der Waals surface area contributed by atoms with E-state index in [-0.39, 0.29) is 6.61 Å². The van der Waals surface area contributed by atoms with Crippen LogP contribution in [0.1, 0.15) is 24.5 Å². The highest BCUT2D eigenvalue weighted by Gasteiger charge is 2.21. The molecule has 1 atom stereocenters. The third-order valence-corrected chi connectivity index (χ3v) is 3.76. The number of benzene rings is 1. The van der Waals surface area contributed by atoms with Crippen LogP contribution >= 0.6 is 0 Å². The van der Waals surface area contributed by atoms with E-state index in [2.05, 4.69) is 48.9 Å². The highest BCUT2D eigenvalue weighted by Crippen LogP contribution is 2.25. The normalized spacial score (nSPS) is 22.0. The molecule has 0 spiro atoms. The molecule has 18 heavy (non-hydrogen) atoms. The topological polar surface area (TPSA) is 26.7 Å². The highest BCUT2D eigenvalue weighted by atomic mass is 16.3. The first-order chi connectivity index (χ1) is 8.61. The van der Waals surface area contributed by atoms with Crippen molar-refractivity contribution >= 4 is 5.69 Å². The van der Waals surface area contributed by atoms with E-state index in [1.807, 2.05) is 0 Å². The Kier molecular flexibility index (Phi) is 4.25. The Morgan fingerprint density at radius 2 is 2.11 bits per heavy atom. The molecule has 0 radical (unpaired) electrons. The van der Waals surface area contributed by atoms with Gasteiger partial charge < -0.3 is 14.9 Å². The summed E-state index contributed by atoms with van der Waals surface area (Å²) in [7, 11) is 2.18. The molecule has 1 aliphatic rings. The zero-order chi connectivity index (χ0) is 13.1. The Balaban J connectivity index is 2.29. The second-order valence-electron chi connectivity index (χ2n) is 5.45. The molecular formula is C15H24N2O. The molecule has 1 heterocycles. The summed E-state index contributed by atoms with van der Waals surface area (Å²) < 4.78 is 0. The minimum Gasteiger partial charge on any atom is -0.392 e. The molecular weight excluding hydrogens is 224 g/mol. The summed E-state index contributed by atoms with van der Waals surface area (Å²) in [6, 6.07) is 6.88. The number of aryl methyl sites for hydroxylation is 1. The minimum absolute atomic E-state index is 0.121. The zero-order valence-corrected chi connectivity index (χ0v) is 11.7. The molecule has 0 aliphatic carbocycles. The fourth-order valence-electron chi connectivity index (χ4n) is 2.85. The second-order valence-corrected chi connectivity index (χ2v) is 5.45. The maximum atomic E-state index is 9.55. The summed E-state index contributed by atoms with van der Waals surface area (Å²) in [5.41, 5.74) is 3.46. The molecule has 100 valence electrons. The maximum Gasteiger partial charge on any atom is 0.0702 e. The lowest BCUT2D eigenvalue weighted by Gasteiger charge is -2.31. The zero-order valence-electron chi connectivity index (χ0n) is 11.7. The summed E-state index contributed by atoms with van der Waals surface area (Å²) in [4.78, 5) is 4.83. The van der Waals surface area contributed by atoms with Crippen LogP contribution in [0.3, 0.4) is 0 Å². The molecule has 3 heteroatoms. The monoisotopic (exact) mass is 248 g/mol. The van der Waals surface area contributed by atoms with Crippen LogP contribution in [0.2, 0.25) is 0 Å². The van der Waals surface area contributed by atoms with Gasteiger partial charge in [0.1, 0.15) is 0 Å². The molecule has 0 aromatic heterocycles. The van der Waals surface area contributed by atoms with Gasteiger partial charge in [-0.1, -0.05) is 17.7 Å². The van der Waals surface area contributed by atoms with Gasteiger partial charge in [0.25, 0.3) is 0 Å². The van der Waals surface area contributed by atoms with E-state index in [4.69, 9.17) is 0 Å². The van der Waals surface area contributed by atoms with Crippen molar-refractivity contribution in [3.8, 4) is 0 Å². The number of anilines is 1. The van der Waals surface area contributed by atoms with Gasteiger partial charge in [0.2, 0.25) is 0 Å². The van der Waals surface area contributed by atoms with Crippen molar-refractivity contribution in [1.82, 2.24) is 4.90 Å². The first-order valence-corrected chi connectivity index (χ1v) is 6.77. The summed E-state index contributed by atoms with van der Waals surface area (Å²) in [6.45, 7) is 7.77. The van der Waals surface area contributed by atoms with Crippen molar-refractivity contribution < 1.29 is 5.11 Å². The molecule has 1 aliphatic heterocycles. The summed E-state index contributed by atoms with van der Waals surface area (Å²) in [6.07, 6.45) is 1.18. The average Bonchev–Trinajstić information content (AvgIpc) is 2.50. The van der Waals surface area contributed by atoms with Crippen molar-refractivity contribution in [2.24, 2.45) is 0 Å². The SMILES string of the molecule is Cc1ccc(N2CCCN(C)CC2C)c(CO)c1. The lowest BCUT2D eigenvalue weighted by Crippen LogP contribution is -2.38. The van der Waals surface area contributed by atoms with E-state index in [1.165, 1.54) is 17.7 Å². The van der Waals surface area contributed by atoms with E-state index >= 15 is 0 Å². The Morgan fingerprint density at radius 1 is 1.33 bits per heavy atom. The van der Waals surface area contributed by atoms with E-state index < -0.39 is 0 Å². The fourth-order valence-corrected chi connectivity index (χ4v) is 2.85. The van der Waals surface area contributed by atoms with Crippen molar-refractivity contribution in [3.63, 3.8) is 0 Å². The highest BCUT2D eigenvalue weighted by molar-refractivity contribution is 5.55. The molecule has 1 aromatic carbocycles. The van der Waals surface area contributed by atoms with Gasteiger partial charge in [-0.25, -0.2) is 0 Å². The first-order valence-electron chi connectivity index (χ1n) is 6.77. The van der Waals surface area contributed by atoms with Crippen LogP contribution in [0.15, 0.2) is 18.2 Å². The number of aliphatic hydroxyl groups excluding tert-OH is 1. The number of rotatable bonds is 2. The Labute approximate surface area is 110 Å². The molecule has 3 nitrogen and oxygen atoms in total. The molecule has 1 fully saturated rings. The van der Waals surface area contributed by atoms with Crippen LogP contribution < -0.4 is 4.90 Å². The number of hydrogen-bond donors (Lipinski definition) is 1. The van der Waals surface area contributed by atoms with Gasteiger partial charge >= 0.3 is 0 Å². The van der Waals surface area contributed by atoms with Crippen LogP contribution in [0, 0.1) is 6.92 Å². The van der Waals surface area contributed by atoms with Gasteiger partial charge in [-0.05, 0) is 39.9 Å². The van der Waals surface area contributed by atoms with E-state index in [1.54, 1.807) is 0 Å². The molecule has 0 amide bonds. The fraction of sp³-hybridized carbons (Fsp3) is 0.600. The van der Waals surface area contributed by atoms with Crippen molar-refractivity contribution in [1.29, 1.82) is 0 Å². The molecule has 0 saturated carbocycles. The lowest BCUT2D eigenvalue weighted by molar-refractivity contribution is 0.281. The van der Waals surface area contributed by atoms with E-state index in [0.29, 0.717) is 6.04 Å². The predicted molar refractivity (Wildman–Crippen MR) is 76.0 cm³/mol. The first kappa shape index (κ1) is 13.4. The van der Waals surface area contributed by atoms with Crippen LogP contribution in [0.25, 0.3) is 0 Å². The van der Waals surface area contributed by atoms with Gasteiger partial charge in [-0.2, -0.15) is 0 Å². The molecule has 0 bridgehead atoms. The largest absolute Gasteiger partial charge is 0.392 e. The average molecular weight is 248 g/mol. The van der Waals surface area contributed by atoms with E-state index in [0.717, 1.165) is 25.2 Å². The minimum atomic E-state index is 0.121. The van der Waals surface area contributed by atoms with Gasteiger partial charge in [-0.3, -0.25) is 0 Å². The lowest BCUT2D eigenvalue weighted by atomic mass is 10.1. The predicted octanol–water partition coefficient (Wildman–Crippen LogP) is 2.02. The molecule has 1 N–H and O–H groups in total. The Morgan fingerprint density at radius 3 is 2.83 bits per heavy atom. The maximum absolute atomic E-state index is 9.55. The van der Waals surface area contributed by atoms with Crippen molar-refractivity contribution in [3.05, 3.63) is 29.3 Å². The molecule has 2 rings (SSSR count). The summed E-state index contributed by atoms with van der Waals surface area (Å²) in [5, 5.41) is 9.55. The molecule has 1 saturated heterocycles. The molecule has 1 aromatic rings. The molecule has 1 unspecified atom stereocenters. The number of aliphatic hydroxyl groups is 1. The smallest absolute Gasteiger partial charge is 0.0702 e.